The van der Waals surface area contributed by atoms with Gasteiger partial charge in [-0.25, -0.2) is 0 Å². The molecule has 0 saturated heterocycles. The van der Waals surface area contributed by atoms with Crippen LogP contribution in [0.5, 0.6) is 0 Å². The molecule has 0 aliphatic rings. The van der Waals surface area contributed by atoms with Crippen molar-refractivity contribution in [3.05, 3.63) is 35.9 Å². The van der Waals surface area contributed by atoms with Crippen molar-refractivity contribution in [2.24, 2.45) is 0 Å². The van der Waals surface area contributed by atoms with E-state index in [0.29, 0.717) is 6.54 Å². The smallest absolute Gasteiger partial charge is 0.319 e. The lowest BCUT2D eigenvalue weighted by Gasteiger charge is -1.97. The molecule has 15 heavy (non-hydrogen) atoms. The number of carbonyl (C=O) groups is 1. The summed E-state index contributed by atoms with van der Waals surface area (Å²) in [7, 11) is 1.36. The lowest BCUT2D eigenvalue weighted by atomic mass is 10.2. The van der Waals surface area contributed by atoms with Crippen molar-refractivity contribution in [2.45, 2.75) is 0 Å². The van der Waals surface area contributed by atoms with E-state index in [1.165, 1.54) is 7.11 Å². The highest BCUT2D eigenvalue weighted by molar-refractivity contribution is 5.71. The summed E-state index contributed by atoms with van der Waals surface area (Å²) < 4.78 is 4.47. The second kappa shape index (κ2) is 6.63. The number of ether oxygens (including phenoxy) is 1. The Morgan fingerprint density at radius 1 is 1.40 bits per heavy atom. The first-order chi connectivity index (χ1) is 7.33. The molecule has 1 rings (SSSR count). The van der Waals surface area contributed by atoms with Crippen LogP contribution in [0.3, 0.4) is 0 Å². The average Bonchev–Trinajstić information content (AvgIpc) is 2.29. The molecule has 0 bridgehead atoms. The Hall–Kier alpha value is -1.79. The first kappa shape index (κ1) is 11.3. The molecule has 1 aromatic carbocycles. The molecule has 0 amide bonds. The molecule has 78 valence electrons. The van der Waals surface area contributed by atoms with Gasteiger partial charge in [-0.3, -0.25) is 10.1 Å². The molecule has 1 N–H and O–H groups in total. The Morgan fingerprint density at radius 2 is 2.13 bits per heavy atom. The van der Waals surface area contributed by atoms with Crippen molar-refractivity contribution < 1.29 is 9.53 Å². The number of carbonyl (C=O) groups excluding carboxylic acids is 1. The third-order valence-electron chi connectivity index (χ3n) is 1.72. The largest absolute Gasteiger partial charge is 0.468 e. The summed E-state index contributed by atoms with van der Waals surface area (Å²) in [5, 5.41) is 2.86. The molecule has 0 aliphatic heterocycles. The van der Waals surface area contributed by atoms with E-state index in [1.54, 1.807) is 0 Å². The Labute approximate surface area is 89.4 Å². The first-order valence-electron chi connectivity index (χ1n) is 4.64. The summed E-state index contributed by atoms with van der Waals surface area (Å²) in [5.41, 5.74) is 0.970. The summed E-state index contributed by atoms with van der Waals surface area (Å²) >= 11 is 0. The van der Waals surface area contributed by atoms with Gasteiger partial charge in [-0.05, 0) is 12.1 Å². The monoisotopic (exact) mass is 203 g/mol. The van der Waals surface area contributed by atoms with Crippen LogP contribution in [0.4, 0.5) is 0 Å². The molecule has 0 unspecified atom stereocenters. The fourth-order valence-corrected chi connectivity index (χ4v) is 0.967. The predicted molar refractivity (Wildman–Crippen MR) is 58.2 cm³/mol. The van der Waals surface area contributed by atoms with Crippen molar-refractivity contribution in [2.75, 3.05) is 20.2 Å². The highest BCUT2D eigenvalue weighted by Crippen LogP contribution is 1.93. The SMILES string of the molecule is COC(=O)CNCC#Cc1ccccc1. The number of esters is 1. The Morgan fingerprint density at radius 3 is 2.80 bits per heavy atom. The fraction of sp³-hybridized carbons (Fsp3) is 0.250. The minimum absolute atomic E-state index is 0.194. The van der Waals surface area contributed by atoms with Crippen LogP contribution in [0.2, 0.25) is 0 Å². The maximum Gasteiger partial charge on any atom is 0.319 e. The van der Waals surface area contributed by atoms with E-state index in [-0.39, 0.29) is 12.5 Å². The predicted octanol–water partition coefficient (Wildman–Crippen LogP) is 0.801. The average molecular weight is 203 g/mol. The van der Waals surface area contributed by atoms with E-state index >= 15 is 0 Å². The zero-order valence-corrected chi connectivity index (χ0v) is 8.62. The Kier molecular flexibility index (Phi) is 4.99. The minimum Gasteiger partial charge on any atom is -0.468 e. The van der Waals surface area contributed by atoms with Crippen molar-refractivity contribution in [3.63, 3.8) is 0 Å². The topological polar surface area (TPSA) is 38.3 Å². The third-order valence-corrected chi connectivity index (χ3v) is 1.72. The molecular formula is C12H13NO2. The molecule has 0 aromatic heterocycles. The highest BCUT2D eigenvalue weighted by Gasteiger charge is 1.95. The van der Waals surface area contributed by atoms with E-state index in [9.17, 15) is 4.79 Å². The zero-order chi connectivity index (χ0) is 10.9. The van der Waals surface area contributed by atoms with Crippen molar-refractivity contribution in [3.8, 4) is 11.8 Å². The normalized spacial score (nSPS) is 8.87. The molecule has 3 heteroatoms. The van der Waals surface area contributed by atoms with E-state index in [1.807, 2.05) is 30.3 Å². The van der Waals surface area contributed by atoms with Gasteiger partial charge in [0.25, 0.3) is 0 Å². The summed E-state index contributed by atoms with van der Waals surface area (Å²) in [4.78, 5) is 10.7. The van der Waals surface area contributed by atoms with E-state index in [4.69, 9.17) is 0 Å². The van der Waals surface area contributed by atoms with Gasteiger partial charge < -0.3 is 4.74 Å². The third kappa shape index (κ3) is 4.84. The van der Waals surface area contributed by atoms with Crippen LogP contribution < -0.4 is 5.32 Å². The summed E-state index contributed by atoms with van der Waals surface area (Å²) in [6.45, 7) is 0.671. The molecule has 1 aromatic rings. The number of rotatable bonds is 3. The quantitative estimate of drug-likeness (QED) is 0.448. The molecule has 3 nitrogen and oxygen atoms in total. The second-order valence-corrected chi connectivity index (χ2v) is 2.85. The van der Waals surface area contributed by atoms with Gasteiger partial charge in [-0.15, -0.1) is 0 Å². The van der Waals surface area contributed by atoms with Gasteiger partial charge in [0.05, 0.1) is 20.2 Å². The number of benzene rings is 1. The summed E-state index contributed by atoms with van der Waals surface area (Å²) in [6.07, 6.45) is 0. The van der Waals surface area contributed by atoms with Gasteiger partial charge in [-0.1, -0.05) is 30.0 Å². The van der Waals surface area contributed by atoms with Gasteiger partial charge in [0.2, 0.25) is 0 Å². The van der Waals surface area contributed by atoms with Crippen LogP contribution in [0, 0.1) is 11.8 Å². The lowest BCUT2D eigenvalue weighted by Crippen LogP contribution is -2.23. The Balaban J connectivity index is 2.26. The van der Waals surface area contributed by atoms with Gasteiger partial charge in [-0.2, -0.15) is 0 Å². The van der Waals surface area contributed by atoms with E-state index < -0.39 is 0 Å². The molecule has 0 heterocycles. The van der Waals surface area contributed by atoms with Crippen molar-refractivity contribution in [1.82, 2.24) is 5.32 Å². The first-order valence-corrected chi connectivity index (χ1v) is 4.64. The van der Waals surface area contributed by atoms with Gasteiger partial charge in [0, 0.05) is 5.56 Å². The fourth-order valence-electron chi connectivity index (χ4n) is 0.967. The molecule has 0 saturated carbocycles. The number of hydrogen-bond acceptors (Lipinski definition) is 3. The summed E-state index contributed by atoms with van der Waals surface area (Å²) in [6, 6.07) is 9.69. The van der Waals surface area contributed by atoms with Crippen LogP contribution in [0.25, 0.3) is 0 Å². The number of methoxy groups -OCH3 is 1. The standard InChI is InChI=1S/C12H13NO2/c1-15-12(14)10-13-9-5-8-11-6-3-2-4-7-11/h2-4,6-7,13H,9-10H2,1H3. The van der Waals surface area contributed by atoms with Crippen LogP contribution >= 0.6 is 0 Å². The minimum atomic E-state index is -0.281. The molecular weight excluding hydrogens is 190 g/mol. The number of nitrogens with one attached hydrogen (secondary N) is 1. The van der Waals surface area contributed by atoms with Crippen molar-refractivity contribution in [1.29, 1.82) is 0 Å². The second-order valence-electron chi connectivity index (χ2n) is 2.85. The maximum absolute atomic E-state index is 10.7. The van der Waals surface area contributed by atoms with Crippen LogP contribution in [-0.2, 0) is 9.53 Å². The van der Waals surface area contributed by atoms with Gasteiger partial charge in [0.1, 0.15) is 0 Å². The zero-order valence-electron chi connectivity index (χ0n) is 8.62. The Bertz CT molecular complexity index is 362. The van der Waals surface area contributed by atoms with E-state index in [0.717, 1.165) is 5.56 Å². The molecule has 0 radical (unpaired) electrons. The molecule has 0 fully saturated rings. The van der Waals surface area contributed by atoms with Crippen LogP contribution in [-0.4, -0.2) is 26.2 Å². The summed E-state index contributed by atoms with van der Waals surface area (Å²) in [5.74, 6) is 5.60. The highest BCUT2D eigenvalue weighted by atomic mass is 16.5. The van der Waals surface area contributed by atoms with Crippen LogP contribution in [0.15, 0.2) is 30.3 Å². The number of hydrogen-bond donors (Lipinski definition) is 1. The van der Waals surface area contributed by atoms with Crippen molar-refractivity contribution >= 4 is 5.97 Å². The van der Waals surface area contributed by atoms with Gasteiger partial charge >= 0.3 is 5.97 Å². The van der Waals surface area contributed by atoms with Crippen LogP contribution in [0.1, 0.15) is 5.56 Å². The lowest BCUT2D eigenvalue weighted by molar-refractivity contribution is -0.139. The van der Waals surface area contributed by atoms with Gasteiger partial charge in [0.15, 0.2) is 0 Å². The molecule has 0 atom stereocenters. The maximum atomic E-state index is 10.7. The van der Waals surface area contributed by atoms with E-state index in [2.05, 4.69) is 21.9 Å². The molecule has 0 spiro atoms. The molecule has 0 aliphatic carbocycles.